The van der Waals surface area contributed by atoms with Gasteiger partial charge in [-0.05, 0) is 57.1 Å². The molecule has 256 valence electrons. The second kappa shape index (κ2) is 14.5. The molecule has 0 bridgehead atoms. The van der Waals surface area contributed by atoms with Crippen LogP contribution in [-0.4, -0.2) is 38.4 Å². The molecule has 0 aliphatic heterocycles. The van der Waals surface area contributed by atoms with Gasteiger partial charge in [0.1, 0.15) is 37.9 Å². The quantitative estimate of drug-likeness (QED) is 0.0729. The van der Waals surface area contributed by atoms with Crippen molar-refractivity contribution >= 4 is 55.0 Å². The average Bonchev–Trinajstić information content (AvgIpc) is 3.17. The Kier molecular flexibility index (Phi) is 9.58. The van der Waals surface area contributed by atoms with Crippen LogP contribution in [0.15, 0.2) is 127 Å². The summed E-state index contributed by atoms with van der Waals surface area (Å²) >= 11 is 0. The summed E-state index contributed by atoms with van der Waals surface area (Å²) in [6, 6.07) is 41.1. The fraction of sp³-hybridized carbons (Fsp3) is 0.200. The van der Waals surface area contributed by atoms with Crippen molar-refractivity contribution in [2.75, 3.05) is 26.4 Å². The van der Waals surface area contributed by atoms with Gasteiger partial charge < -0.3 is 18.9 Å². The van der Waals surface area contributed by atoms with E-state index >= 15 is 0 Å². The zero-order chi connectivity index (χ0) is 35.4. The van der Waals surface area contributed by atoms with E-state index in [2.05, 4.69) is 39.0 Å². The third-order valence-electron chi connectivity index (χ3n) is 9.74. The van der Waals surface area contributed by atoms with Crippen LogP contribution in [0.4, 0.5) is 0 Å². The minimum absolute atomic E-state index is 0.0675. The molecule has 0 heterocycles. The summed E-state index contributed by atoms with van der Waals surface area (Å²) in [6.45, 7) is 7.13. The lowest BCUT2D eigenvalue weighted by Gasteiger charge is -2.25. The predicted molar refractivity (Wildman–Crippen MR) is 204 cm³/mol. The van der Waals surface area contributed by atoms with Crippen molar-refractivity contribution in [2.45, 2.75) is 32.6 Å². The molecule has 0 amide bonds. The van der Waals surface area contributed by atoms with Crippen LogP contribution < -0.4 is 9.47 Å². The summed E-state index contributed by atoms with van der Waals surface area (Å²) < 4.78 is 24.4. The van der Waals surface area contributed by atoms with Crippen molar-refractivity contribution in [3.8, 4) is 11.5 Å². The summed E-state index contributed by atoms with van der Waals surface area (Å²) in [7, 11) is 0. The van der Waals surface area contributed by atoms with E-state index in [1.807, 2.05) is 97.1 Å². The Bertz CT molecular complexity index is 2380. The highest BCUT2D eigenvalue weighted by atomic mass is 16.6. The predicted octanol–water partition coefficient (Wildman–Crippen LogP) is 10.5. The van der Waals surface area contributed by atoms with E-state index in [9.17, 15) is 9.59 Å². The number of carbonyl (C=O) groups excluding carboxylic acids is 2. The summed E-state index contributed by atoms with van der Waals surface area (Å²) in [5.74, 6) is 0.617. The lowest BCUT2D eigenvalue weighted by molar-refractivity contribution is 0.0445. The van der Waals surface area contributed by atoms with E-state index in [4.69, 9.17) is 18.9 Å². The van der Waals surface area contributed by atoms with Gasteiger partial charge in [-0.1, -0.05) is 130 Å². The molecule has 6 heteroatoms. The van der Waals surface area contributed by atoms with E-state index < -0.39 is 0 Å². The fourth-order valence-corrected chi connectivity index (χ4v) is 6.55. The molecule has 0 saturated heterocycles. The van der Waals surface area contributed by atoms with Crippen LogP contribution in [0, 0.1) is 0 Å². The Balaban J connectivity index is 1.14. The molecule has 0 aromatic heterocycles. The molecule has 7 rings (SSSR count). The van der Waals surface area contributed by atoms with Crippen LogP contribution in [0.3, 0.4) is 0 Å². The number of rotatable bonds is 12. The van der Waals surface area contributed by atoms with Crippen LogP contribution in [0.1, 0.15) is 53.5 Å². The minimum Gasteiger partial charge on any atom is -0.489 e. The fourth-order valence-electron chi connectivity index (χ4n) is 6.55. The van der Waals surface area contributed by atoms with Gasteiger partial charge in [-0.2, -0.15) is 0 Å². The number of hydrogen-bond acceptors (Lipinski definition) is 6. The van der Waals surface area contributed by atoms with E-state index in [0.29, 0.717) is 22.6 Å². The molecule has 51 heavy (non-hydrogen) atoms. The van der Waals surface area contributed by atoms with Gasteiger partial charge in [0, 0.05) is 21.5 Å². The van der Waals surface area contributed by atoms with Crippen LogP contribution in [0.25, 0.3) is 43.1 Å². The normalized spacial score (nSPS) is 11.6. The smallest absolute Gasteiger partial charge is 0.338 e. The number of hydrogen-bond donors (Lipinski definition) is 0. The number of fused-ring (bicyclic) bond motifs is 4. The van der Waals surface area contributed by atoms with E-state index in [0.717, 1.165) is 49.5 Å². The summed E-state index contributed by atoms with van der Waals surface area (Å²) in [5.41, 5.74) is 2.16. The maximum absolute atomic E-state index is 13.1. The van der Waals surface area contributed by atoms with Crippen LogP contribution >= 0.6 is 0 Å². The summed E-state index contributed by atoms with van der Waals surface area (Å²) in [4.78, 5) is 26.2. The lowest BCUT2D eigenvalue weighted by atomic mass is 9.81. The molecule has 0 fully saturated rings. The Morgan fingerprint density at radius 3 is 1.43 bits per heavy atom. The molecule has 7 aromatic rings. The van der Waals surface area contributed by atoms with Gasteiger partial charge in [0.05, 0.1) is 11.1 Å². The third kappa shape index (κ3) is 6.82. The maximum atomic E-state index is 13.1. The third-order valence-corrected chi connectivity index (χ3v) is 9.74. The Morgan fingerprint density at radius 2 is 0.922 bits per heavy atom. The zero-order valence-corrected chi connectivity index (χ0v) is 29.1. The van der Waals surface area contributed by atoms with Gasteiger partial charge in [-0.3, -0.25) is 0 Å². The van der Waals surface area contributed by atoms with Crippen molar-refractivity contribution in [1.29, 1.82) is 0 Å². The van der Waals surface area contributed by atoms with Gasteiger partial charge in [0.15, 0.2) is 0 Å². The van der Waals surface area contributed by atoms with Crippen LogP contribution in [0.2, 0.25) is 0 Å². The first kappa shape index (κ1) is 33.6. The molecule has 0 radical (unpaired) electrons. The van der Waals surface area contributed by atoms with Gasteiger partial charge in [0.2, 0.25) is 0 Å². The molecule has 0 aliphatic rings. The van der Waals surface area contributed by atoms with Crippen molar-refractivity contribution in [2.24, 2.45) is 0 Å². The Labute approximate surface area is 297 Å². The zero-order valence-electron chi connectivity index (χ0n) is 29.1. The Hall–Kier alpha value is -5.88. The molecule has 0 N–H and O–H groups in total. The van der Waals surface area contributed by atoms with Crippen molar-refractivity contribution in [3.63, 3.8) is 0 Å². The standard InChI is InChI=1S/C45H40O6/c1-4-45(2,3)32-23-24-37-40(29-32)42(49-26-28-51-44(47)39-22-12-16-31-14-6-8-18-34(31)39)36-20-10-9-19-35(36)41(37)48-25-27-50-43(46)38-21-11-15-30-13-5-7-17-33(30)38/h5-24,29H,4,25-28H2,1-3H3. The second-order valence-electron chi connectivity index (χ2n) is 13.2. The minimum atomic E-state index is -0.388. The van der Waals surface area contributed by atoms with Crippen molar-refractivity contribution in [3.05, 3.63) is 144 Å². The Morgan fingerprint density at radius 1 is 0.490 bits per heavy atom. The van der Waals surface area contributed by atoms with Crippen molar-refractivity contribution < 1.29 is 28.5 Å². The summed E-state index contributed by atoms with van der Waals surface area (Å²) in [6.07, 6.45) is 0.956. The lowest BCUT2D eigenvalue weighted by Crippen LogP contribution is -2.16. The highest BCUT2D eigenvalue weighted by Gasteiger charge is 2.23. The molecule has 0 spiro atoms. The van der Waals surface area contributed by atoms with E-state index in [1.165, 1.54) is 5.56 Å². The second-order valence-corrected chi connectivity index (χ2v) is 13.2. The monoisotopic (exact) mass is 676 g/mol. The number of ether oxygens (including phenoxy) is 4. The topological polar surface area (TPSA) is 71.1 Å². The number of esters is 2. The van der Waals surface area contributed by atoms with E-state index in [1.54, 1.807) is 12.1 Å². The largest absolute Gasteiger partial charge is 0.489 e. The SMILES string of the molecule is CCC(C)(C)c1ccc2c(OCCOC(=O)c3cccc4ccccc34)c3ccccc3c(OCCOC(=O)c3cccc4ccccc34)c2c1. The molecule has 0 unspecified atom stereocenters. The van der Waals surface area contributed by atoms with E-state index in [-0.39, 0.29) is 43.8 Å². The molecular weight excluding hydrogens is 636 g/mol. The molecule has 0 atom stereocenters. The summed E-state index contributed by atoms with van der Waals surface area (Å²) in [5, 5.41) is 7.20. The van der Waals surface area contributed by atoms with Crippen LogP contribution in [-0.2, 0) is 14.9 Å². The molecule has 7 aromatic carbocycles. The molecule has 0 aliphatic carbocycles. The van der Waals surface area contributed by atoms with Crippen molar-refractivity contribution in [1.82, 2.24) is 0 Å². The first-order chi connectivity index (χ1) is 24.9. The average molecular weight is 677 g/mol. The molecule has 6 nitrogen and oxygen atoms in total. The highest BCUT2D eigenvalue weighted by Crippen LogP contribution is 2.44. The molecule has 0 saturated carbocycles. The molecular formula is C45H40O6. The maximum Gasteiger partial charge on any atom is 0.338 e. The highest BCUT2D eigenvalue weighted by molar-refractivity contribution is 6.11. The van der Waals surface area contributed by atoms with Gasteiger partial charge >= 0.3 is 11.9 Å². The first-order valence-electron chi connectivity index (χ1n) is 17.4. The van der Waals surface area contributed by atoms with Gasteiger partial charge in [0.25, 0.3) is 0 Å². The first-order valence-corrected chi connectivity index (χ1v) is 17.4. The van der Waals surface area contributed by atoms with Gasteiger partial charge in [-0.25, -0.2) is 9.59 Å². The number of benzene rings is 7. The van der Waals surface area contributed by atoms with Gasteiger partial charge in [-0.15, -0.1) is 0 Å². The number of carbonyl (C=O) groups is 2. The van der Waals surface area contributed by atoms with Crippen LogP contribution in [0.5, 0.6) is 11.5 Å².